The van der Waals surface area contributed by atoms with Crippen LogP contribution in [0.4, 0.5) is 11.4 Å². The summed E-state index contributed by atoms with van der Waals surface area (Å²) < 4.78 is 6.04. The van der Waals surface area contributed by atoms with Gasteiger partial charge in [0.25, 0.3) is 5.91 Å². The molecule has 2 aromatic carbocycles. The first kappa shape index (κ1) is 19.2. The minimum Gasteiger partial charge on any atom is -0.484 e. The van der Waals surface area contributed by atoms with Gasteiger partial charge in [-0.05, 0) is 42.7 Å². The Kier molecular flexibility index (Phi) is 6.12. The molecule has 2 amide bonds. The molecule has 28 heavy (non-hydrogen) atoms. The Morgan fingerprint density at radius 2 is 1.68 bits per heavy atom. The monoisotopic (exact) mass is 414 g/mol. The van der Waals surface area contributed by atoms with Gasteiger partial charge in [-0.15, -0.1) is 23.5 Å². The number of rotatable bonds is 7. The van der Waals surface area contributed by atoms with Crippen molar-refractivity contribution >= 4 is 46.7 Å². The van der Waals surface area contributed by atoms with Crippen molar-refractivity contribution in [3.05, 3.63) is 54.1 Å². The molecule has 0 unspecified atom stereocenters. The molecule has 0 bridgehead atoms. The molecule has 5 nitrogen and oxygen atoms in total. The van der Waals surface area contributed by atoms with Crippen molar-refractivity contribution in [3.63, 3.8) is 0 Å². The van der Waals surface area contributed by atoms with Crippen molar-refractivity contribution < 1.29 is 14.3 Å². The van der Waals surface area contributed by atoms with E-state index in [9.17, 15) is 9.59 Å². The van der Waals surface area contributed by atoms with Gasteiger partial charge in [0, 0.05) is 34.9 Å². The molecule has 0 spiro atoms. The first-order valence-electron chi connectivity index (χ1n) is 9.34. The molecule has 0 radical (unpaired) electrons. The van der Waals surface area contributed by atoms with Gasteiger partial charge in [-0.25, -0.2) is 0 Å². The molecule has 1 saturated heterocycles. The summed E-state index contributed by atoms with van der Waals surface area (Å²) in [6, 6.07) is 15.1. The molecular formula is C21H22N2O3S2. The molecular weight excluding hydrogens is 392 g/mol. The zero-order valence-electron chi connectivity index (χ0n) is 15.4. The number of hydrogen-bond donors (Lipinski definition) is 2. The van der Waals surface area contributed by atoms with E-state index in [0.29, 0.717) is 16.0 Å². The molecule has 146 valence electrons. The fraction of sp³-hybridized carbons (Fsp3) is 0.333. The Morgan fingerprint density at radius 3 is 2.43 bits per heavy atom. The lowest BCUT2D eigenvalue weighted by Gasteiger charge is -2.12. The highest BCUT2D eigenvalue weighted by molar-refractivity contribution is 8.19. The average molecular weight is 415 g/mol. The third-order valence-electron chi connectivity index (χ3n) is 4.48. The molecule has 1 saturated carbocycles. The summed E-state index contributed by atoms with van der Waals surface area (Å²) in [5, 5.41) is 5.78. The van der Waals surface area contributed by atoms with Crippen molar-refractivity contribution in [3.8, 4) is 5.75 Å². The van der Waals surface area contributed by atoms with Crippen LogP contribution in [0.2, 0.25) is 0 Å². The Hall–Kier alpha value is -2.12. The van der Waals surface area contributed by atoms with Gasteiger partial charge in [-0.3, -0.25) is 9.59 Å². The zero-order chi connectivity index (χ0) is 19.3. The van der Waals surface area contributed by atoms with E-state index in [-0.39, 0.29) is 24.3 Å². The lowest BCUT2D eigenvalue weighted by molar-refractivity contribution is -0.118. The molecule has 2 fully saturated rings. The first-order chi connectivity index (χ1) is 13.7. The third-order valence-corrected chi connectivity index (χ3v) is 7.59. The van der Waals surface area contributed by atoms with Crippen LogP contribution in [-0.2, 0) is 9.59 Å². The van der Waals surface area contributed by atoms with Crippen LogP contribution in [0.15, 0.2) is 48.5 Å². The molecule has 1 heterocycles. The molecule has 2 aliphatic rings. The van der Waals surface area contributed by atoms with E-state index in [0.717, 1.165) is 18.5 Å². The normalized spacial score (nSPS) is 16.6. The van der Waals surface area contributed by atoms with E-state index < -0.39 is 0 Å². The molecule has 7 heteroatoms. The van der Waals surface area contributed by atoms with E-state index in [4.69, 9.17) is 4.74 Å². The summed E-state index contributed by atoms with van der Waals surface area (Å²) >= 11 is 3.87. The predicted molar refractivity (Wildman–Crippen MR) is 116 cm³/mol. The number of anilines is 2. The lowest BCUT2D eigenvalue weighted by Crippen LogP contribution is -2.20. The van der Waals surface area contributed by atoms with Crippen molar-refractivity contribution in [1.29, 1.82) is 0 Å². The van der Waals surface area contributed by atoms with Crippen molar-refractivity contribution in [2.24, 2.45) is 5.92 Å². The van der Waals surface area contributed by atoms with Gasteiger partial charge in [-0.2, -0.15) is 0 Å². The van der Waals surface area contributed by atoms with Gasteiger partial charge in [0.2, 0.25) is 5.91 Å². The largest absolute Gasteiger partial charge is 0.484 e. The second kappa shape index (κ2) is 8.92. The molecule has 0 aromatic heterocycles. The highest BCUT2D eigenvalue weighted by Crippen LogP contribution is 2.45. The van der Waals surface area contributed by atoms with E-state index in [1.807, 2.05) is 47.8 Å². The van der Waals surface area contributed by atoms with Crippen LogP contribution in [0.3, 0.4) is 0 Å². The smallest absolute Gasteiger partial charge is 0.262 e. The minimum absolute atomic E-state index is 0.0494. The Labute approximate surface area is 173 Å². The van der Waals surface area contributed by atoms with Crippen LogP contribution in [0.1, 0.15) is 23.0 Å². The van der Waals surface area contributed by atoms with Crippen molar-refractivity contribution in [2.75, 3.05) is 28.7 Å². The fourth-order valence-electron chi connectivity index (χ4n) is 2.91. The lowest BCUT2D eigenvalue weighted by atomic mass is 10.2. The molecule has 1 aliphatic carbocycles. The number of benzene rings is 2. The highest BCUT2D eigenvalue weighted by atomic mass is 32.2. The number of thioether (sulfide) groups is 2. The summed E-state index contributed by atoms with van der Waals surface area (Å²) in [7, 11) is 0. The maximum absolute atomic E-state index is 12.3. The van der Waals surface area contributed by atoms with Gasteiger partial charge in [0.05, 0.1) is 4.58 Å². The van der Waals surface area contributed by atoms with E-state index >= 15 is 0 Å². The van der Waals surface area contributed by atoms with Crippen LogP contribution >= 0.6 is 23.5 Å². The number of hydrogen-bond acceptors (Lipinski definition) is 5. The van der Waals surface area contributed by atoms with Crippen LogP contribution < -0.4 is 15.4 Å². The SMILES string of the molecule is O=C(COc1cccc(NC(=O)C2CC2)c1)Nc1cccc(C2SCCS2)c1. The van der Waals surface area contributed by atoms with Crippen molar-refractivity contribution in [2.45, 2.75) is 17.4 Å². The Morgan fingerprint density at radius 1 is 0.964 bits per heavy atom. The zero-order valence-corrected chi connectivity index (χ0v) is 17.0. The van der Waals surface area contributed by atoms with E-state index in [1.165, 1.54) is 17.1 Å². The second-order valence-corrected chi connectivity index (χ2v) is 9.55. The Bertz CT molecular complexity index is 864. The Balaban J connectivity index is 1.29. The van der Waals surface area contributed by atoms with Gasteiger partial charge in [-0.1, -0.05) is 18.2 Å². The summed E-state index contributed by atoms with van der Waals surface area (Å²) in [6.45, 7) is -0.0861. The summed E-state index contributed by atoms with van der Waals surface area (Å²) in [5.74, 6) is 2.87. The molecule has 4 rings (SSSR count). The number of nitrogens with one attached hydrogen (secondary N) is 2. The van der Waals surface area contributed by atoms with Gasteiger partial charge >= 0.3 is 0 Å². The molecule has 0 atom stereocenters. The van der Waals surface area contributed by atoms with Crippen LogP contribution in [0.5, 0.6) is 5.75 Å². The molecule has 2 N–H and O–H groups in total. The first-order valence-corrected chi connectivity index (χ1v) is 11.4. The number of ether oxygens (including phenoxy) is 1. The third kappa shape index (κ3) is 5.23. The van der Waals surface area contributed by atoms with E-state index in [2.05, 4.69) is 16.7 Å². The summed E-state index contributed by atoms with van der Waals surface area (Å²) in [5.41, 5.74) is 2.70. The van der Waals surface area contributed by atoms with Crippen LogP contribution in [-0.4, -0.2) is 29.9 Å². The van der Waals surface area contributed by atoms with Gasteiger partial charge in [0.1, 0.15) is 5.75 Å². The topological polar surface area (TPSA) is 67.4 Å². The predicted octanol–water partition coefficient (Wildman–Crippen LogP) is 4.53. The maximum Gasteiger partial charge on any atom is 0.262 e. The van der Waals surface area contributed by atoms with Crippen LogP contribution in [0.25, 0.3) is 0 Å². The van der Waals surface area contributed by atoms with E-state index in [1.54, 1.807) is 18.2 Å². The second-order valence-electron chi connectivity index (χ2n) is 6.83. The quantitative estimate of drug-likeness (QED) is 0.697. The van der Waals surface area contributed by atoms with Crippen molar-refractivity contribution in [1.82, 2.24) is 0 Å². The number of carbonyl (C=O) groups is 2. The molecule has 2 aromatic rings. The summed E-state index contributed by atoms with van der Waals surface area (Å²) in [6.07, 6.45) is 1.92. The summed E-state index contributed by atoms with van der Waals surface area (Å²) in [4.78, 5) is 24.1. The standard InChI is InChI=1S/C21H22N2O3S2/c24-19(22-16-4-1-3-15(11-16)21-27-9-10-28-21)13-26-18-6-2-5-17(12-18)23-20(25)14-7-8-14/h1-6,11-12,14,21H,7-10,13H2,(H,22,24)(H,23,25). The average Bonchev–Trinajstić information content (AvgIpc) is 3.41. The molecule has 1 aliphatic heterocycles. The van der Waals surface area contributed by atoms with Crippen LogP contribution in [0, 0.1) is 5.92 Å². The highest BCUT2D eigenvalue weighted by Gasteiger charge is 2.29. The van der Waals surface area contributed by atoms with Gasteiger partial charge in [0.15, 0.2) is 6.61 Å². The van der Waals surface area contributed by atoms with Gasteiger partial charge < -0.3 is 15.4 Å². The number of carbonyl (C=O) groups excluding carboxylic acids is 2. The minimum atomic E-state index is -0.212. The number of amides is 2. The fourth-order valence-corrected chi connectivity index (χ4v) is 5.75. The maximum atomic E-state index is 12.3.